The van der Waals surface area contributed by atoms with E-state index in [1.807, 2.05) is 0 Å². The average Bonchev–Trinajstić information content (AvgIpc) is 1.83. The van der Waals surface area contributed by atoms with Crippen molar-refractivity contribution < 1.29 is 22.0 Å². The molecule has 0 spiro atoms. The molecule has 0 atom stereocenters. The van der Waals surface area contributed by atoms with E-state index >= 15 is 0 Å². The van der Waals surface area contributed by atoms with Crippen molar-refractivity contribution in [2.24, 2.45) is 0 Å². The second-order valence-corrected chi connectivity index (χ2v) is 2.84. The van der Waals surface area contributed by atoms with Gasteiger partial charge < -0.3 is 0 Å². The highest BCUT2D eigenvalue weighted by Crippen LogP contribution is 2.43. The Hall–Kier alpha value is 0.350. The molecule has 0 fully saturated rings. The van der Waals surface area contributed by atoms with Crippen LogP contribution in [0.5, 0.6) is 0 Å². The zero-order valence-electron chi connectivity index (χ0n) is 4.72. The maximum atomic E-state index is 12.1. The van der Waals surface area contributed by atoms with E-state index in [-0.39, 0.29) is 0 Å². The molecule has 0 bridgehead atoms. The van der Waals surface area contributed by atoms with Gasteiger partial charge in [0.25, 0.3) is 0 Å². The molecule has 0 heterocycles. The third-order valence-corrected chi connectivity index (χ3v) is 2.55. The van der Waals surface area contributed by atoms with Crippen LogP contribution in [0, 0.1) is 0 Å². The fourth-order valence-corrected chi connectivity index (χ4v) is 0.716. The Morgan fingerprint density at radius 2 is 1.45 bits per heavy atom. The Balaban J connectivity index is 4.74. The first-order valence-corrected chi connectivity index (χ1v) is 3.85. The van der Waals surface area contributed by atoms with Crippen molar-refractivity contribution in [2.45, 2.75) is 12.1 Å². The van der Waals surface area contributed by atoms with Gasteiger partial charge in [-0.25, -0.2) is 0 Å². The number of hydrogen-bond acceptors (Lipinski definition) is 0. The van der Waals surface area contributed by atoms with E-state index in [9.17, 15) is 22.0 Å². The van der Waals surface area contributed by atoms with E-state index < -0.39 is 16.6 Å². The molecule has 7 heteroatoms. The highest BCUT2D eigenvalue weighted by molar-refractivity contribution is 9.14. The molecule has 0 saturated carbocycles. The molecule has 0 aromatic heterocycles. The monoisotopic (exact) mass is 302 g/mol. The second kappa shape index (κ2) is 3.38. The minimum atomic E-state index is -5.56. The smallest absolute Gasteiger partial charge is 0.190 e. The Labute approximate surface area is 75.7 Å². The summed E-state index contributed by atoms with van der Waals surface area (Å²) in [6, 6.07) is 0. The summed E-state index contributed by atoms with van der Waals surface area (Å²) in [7, 11) is 0. The first kappa shape index (κ1) is 11.4. The largest absolute Gasteiger partial charge is 0.458 e. The fraction of sp³-hybridized carbons (Fsp3) is 0.500. The minimum Gasteiger partial charge on any atom is -0.190 e. The average molecular weight is 304 g/mol. The van der Waals surface area contributed by atoms with Gasteiger partial charge in [0, 0.05) is 0 Å². The zero-order chi connectivity index (χ0) is 9.28. The van der Waals surface area contributed by atoms with Gasteiger partial charge in [-0.2, -0.15) is 22.0 Å². The SMILES string of the molecule is FC(F)(F)C(F)(F)/C(Br)=C/Br. The van der Waals surface area contributed by atoms with Crippen LogP contribution in [0.15, 0.2) is 9.47 Å². The third-order valence-electron chi connectivity index (χ3n) is 0.752. The van der Waals surface area contributed by atoms with Gasteiger partial charge in [0.2, 0.25) is 0 Å². The number of halogens is 7. The van der Waals surface area contributed by atoms with Crippen LogP contribution in [0.2, 0.25) is 0 Å². The van der Waals surface area contributed by atoms with Gasteiger partial charge in [0.1, 0.15) is 0 Å². The molecule has 0 aromatic rings. The normalized spacial score (nSPS) is 15.4. The van der Waals surface area contributed by atoms with Crippen molar-refractivity contribution in [3.8, 4) is 0 Å². The van der Waals surface area contributed by atoms with E-state index in [2.05, 4.69) is 31.9 Å². The molecule has 0 unspecified atom stereocenters. The van der Waals surface area contributed by atoms with Gasteiger partial charge in [0.15, 0.2) is 0 Å². The molecule has 0 nitrogen and oxygen atoms in total. The lowest BCUT2D eigenvalue weighted by atomic mass is 10.3. The van der Waals surface area contributed by atoms with E-state index in [1.54, 1.807) is 0 Å². The molecule has 66 valence electrons. The minimum absolute atomic E-state index is 0.473. The summed E-state index contributed by atoms with van der Waals surface area (Å²) in [5.74, 6) is -4.82. The van der Waals surface area contributed by atoms with Crippen molar-refractivity contribution in [1.82, 2.24) is 0 Å². The Kier molecular flexibility index (Phi) is 3.49. The van der Waals surface area contributed by atoms with Crippen LogP contribution in [0.1, 0.15) is 0 Å². The van der Waals surface area contributed by atoms with E-state index in [0.29, 0.717) is 4.99 Å². The molecule has 0 aliphatic rings. The van der Waals surface area contributed by atoms with Crippen molar-refractivity contribution in [3.05, 3.63) is 9.47 Å². The maximum absolute atomic E-state index is 12.1. The van der Waals surface area contributed by atoms with Crippen LogP contribution in [-0.2, 0) is 0 Å². The molecule has 0 aromatic carbocycles. The lowest BCUT2D eigenvalue weighted by Crippen LogP contribution is -2.36. The molecule has 0 saturated heterocycles. The summed E-state index contributed by atoms with van der Waals surface area (Å²) in [6.07, 6.45) is -5.56. The van der Waals surface area contributed by atoms with Gasteiger partial charge in [-0.3, -0.25) is 0 Å². The predicted octanol–water partition coefficient (Wildman–Crippen LogP) is 3.82. The highest BCUT2D eigenvalue weighted by atomic mass is 79.9. The molecule has 11 heavy (non-hydrogen) atoms. The highest BCUT2D eigenvalue weighted by Gasteiger charge is 2.59. The molecule has 0 aliphatic heterocycles. The summed E-state index contributed by atoms with van der Waals surface area (Å²) >= 11 is 4.43. The van der Waals surface area contributed by atoms with Crippen LogP contribution in [0.25, 0.3) is 0 Å². The van der Waals surface area contributed by atoms with Crippen LogP contribution < -0.4 is 0 Å². The molecule has 0 radical (unpaired) electrons. The Morgan fingerprint density at radius 3 is 1.55 bits per heavy atom. The van der Waals surface area contributed by atoms with Crippen molar-refractivity contribution in [3.63, 3.8) is 0 Å². The molecule has 0 rings (SSSR count). The van der Waals surface area contributed by atoms with Crippen LogP contribution in [-0.4, -0.2) is 12.1 Å². The third kappa shape index (κ3) is 2.40. The van der Waals surface area contributed by atoms with Gasteiger partial charge in [-0.05, 0) is 20.9 Å². The number of alkyl halides is 5. The van der Waals surface area contributed by atoms with Gasteiger partial charge in [0.05, 0.1) is 4.48 Å². The zero-order valence-corrected chi connectivity index (χ0v) is 7.90. The van der Waals surface area contributed by atoms with Gasteiger partial charge in [-0.15, -0.1) is 0 Å². The first-order valence-electron chi connectivity index (χ1n) is 2.14. The lowest BCUT2D eigenvalue weighted by Gasteiger charge is -2.18. The van der Waals surface area contributed by atoms with Crippen LogP contribution in [0.3, 0.4) is 0 Å². The molecular weight excluding hydrogens is 303 g/mol. The van der Waals surface area contributed by atoms with E-state index in [4.69, 9.17) is 0 Å². The predicted molar refractivity (Wildman–Crippen MR) is 36.9 cm³/mol. The standard InChI is InChI=1S/C4HBr2F5/c5-1-2(6)3(7,8)4(9,10)11/h1H/b2-1-. The topological polar surface area (TPSA) is 0 Å². The lowest BCUT2D eigenvalue weighted by molar-refractivity contribution is -0.260. The van der Waals surface area contributed by atoms with Gasteiger partial charge in [-0.1, -0.05) is 15.9 Å². The van der Waals surface area contributed by atoms with Crippen LogP contribution in [0.4, 0.5) is 22.0 Å². The summed E-state index contributed by atoms with van der Waals surface area (Å²) in [4.78, 5) is 0.473. The van der Waals surface area contributed by atoms with E-state index in [0.717, 1.165) is 0 Å². The summed E-state index contributed by atoms with van der Waals surface area (Å²) in [5.41, 5.74) is 0. The molecule has 0 N–H and O–H groups in total. The fourth-order valence-electron chi connectivity index (χ4n) is 0.204. The maximum Gasteiger partial charge on any atom is 0.458 e. The van der Waals surface area contributed by atoms with Crippen molar-refractivity contribution in [2.75, 3.05) is 0 Å². The second-order valence-electron chi connectivity index (χ2n) is 1.53. The quantitative estimate of drug-likeness (QED) is 0.646. The molecule has 0 amide bonds. The Morgan fingerprint density at radius 1 is 1.09 bits per heavy atom. The number of rotatable bonds is 1. The van der Waals surface area contributed by atoms with Crippen molar-refractivity contribution in [1.29, 1.82) is 0 Å². The van der Waals surface area contributed by atoms with Crippen LogP contribution >= 0.6 is 31.9 Å². The Bertz CT molecular complexity index is 170. The number of hydrogen-bond donors (Lipinski definition) is 0. The summed E-state index contributed by atoms with van der Waals surface area (Å²) in [6.45, 7) is 0. The number of allylic oxidation sites excluding steroid dienone is 1. The molecular formula is C4HBr2F5. The summed E-state index contributed by atoms with van der Waals surface area (Å²) in [5, 5.41) is 0. The first-order chi connectivity index (χ1) is 4.73. The van der Waals surface area contributed by atoms with Gasteiger partial charge >= 0.3 is 12.1 Å². The van der Waals surface area contributed by atoms with Crippen molar-refractivity contribution >= 4 is 31.9 Å². The summed E-state index contributed by atoms with van der Waals surface area (Å²) < 4.78 is 57.1. The van der Waals surface area contributed by atoms with E-state index in [1.165, 1.54) is 0 Å². The molecule has 0 aliphatic carbocycles.